The number of nitrogens with zero attached hydrogens (tertiary/aromatic N) is 2. The molecule has 1 heterocycles. The van der Waals surface area contributed by atoms with Crippen molar-refractivity contribution >= 4 is 17.8 Å². The SMILES string of the molecule is C=Cc1cnc(SC2CCCCC2)n1C. The van der Waals surface area contributed by atoms with Gasteiger partial charge in [0.25, 0.3) is 0 Å². The average Bonchev–Trinajstić information content (AvgIpc) is 2.62. The Labute approximate surface area is 95.8 Å². The Morgan fingerprint density at radius 1 is 1.47 bits per heavy atom. The maximum absolute atomic E-state index is 4.44. The van der Waals surface area contributed by atoms with E-state index in [0.29, 0.717) is 0 Å². The van der Waals surface area contributed by atoms with E-state index in [-0.39, 0.29) is 0 Å². The van der Waals surface area contributed by atoms with E-state index in [2.05, 4.69) is 23.2 Å². The average molecular weight is 222 g/mol. The maximum atomic E-state index is 4.44. The summed E-state index contributed by atoms with van der Waals surface area (Å²) in [7, 11) is 2.06. The van der Waals surface area contributed by atoms with Gasteiger partial charge in [0.1, 0.15) is 0 Å². The van der Waals surface area contributed by atoms with E-state index in [9.17, 15) is 0 Å². The zero-order chi connectivity index (χ0) is 10.7. The minimum Gasteiger partial charge on any atom is -0.323 e. The van der Waals surface area contributed by atoms with Gasteiger partial charge in [0.2, 0.25) is 0 Å². The van der Waals surface area contributed by atoms with Crippen molar-refractivity contribution in [1.29, 1.82) is 0 Å². The highest BCUT2D eigenvalue weighted by Gasteiger charge is 2.17. The molecule has 0 amide bonds. The predicted octanol–water partition coefficient (Wildman–Crippen LogP) is 3.49. The van der Waals surface area contributed by atoms with Crippen LogP contribution in [0.2, 0.25) is 0 Å². The van der Waals surface area contributed by atoms with Crippen LogP contribution in [0.15, 0.2) is 17.9 Å². The van der Waals surface area contributed by atoms with Crippen LogP contribution in [0, 0.1) is 0 Å². The highest BCUT2D eigenvalue weighted by molar-refractivity contribution is 7.99. The van der Waals surface area contributed by atoms with E-state index < -0.39 is 0 Å². The molecule has 0 aromatic carbocycles. The quantitative estimate of drug-likeness (QED) is 0.779. The Morgan fingerprint density at radius 2 is 2.20 bits per heavy atom. The summed E-state index contributed by atoms with van der Waals surface area (Å²) in [6.45, 7) is 3.78. The van der Waals surface area contributed by atoms with Gasteiger partial charge >= 0.3 is 0 Å². The first kappa shape index (κ1) is 10.8. The number of thioether (sulfide) groups is 1. The Balaban J connectivity index is 2.03. The molecule has 2 rings (SSSR count). The van der Waals surface area contributed by atoms with Gasteiger partial charge in [-0.1, -0.05) is 37.6 Å². The standard InChI is InChI=1S/C12H18N2S/c1-3-10-9-13-12(14(10)2)15-11-7-5-4-6-8-11/h3,9,11H,1,4-8H2,2H3. The Kier molecular flexibility index (Phi) is 3.52. The number of imidazole rings is 1. The molecule has 2 nitrogen and oxygen atoms in total. The molecule has 1 saturated carbocycles. The van der Waals surface area contributed by atoms with Gasteiger partial charge in [-0.2, -0.15) is 0 Å². The molecule has 1 aromatic rings. The molecule has 1 aliphatic rings. The molecule has 0 spiro atoms. The molecule has 0 bridgehead atoms. The highest BCUT2D eigenvalue weighted by Crippen LogP contribution is 2.32. The largest absolute Gasteiger partial charge is 0.323 e. The summed E-state index contributed by atoms with van der Waals surface area (Å²) >= 11 is 1.93. The minimum absolute atomic E-state index is 0.775. The molecule has 0 unspecified atom stereocenters. The number of rotatable bonds is 3. The fraction of sp³-hybridized carbons (Fsp3) is 0.583. The van der Waals surface area contributed by atoms with E-state index >= 15 is 0 Å². The molecule has 1 fully saturated rings. The summed E-state index contributed by atoms with van der Waals surface area (Å²) < 4.78 is 2.13. The van der Waals surface area contributed by atoms with E-state index in [4.69, 9.17) is 0 Å². The van der Waals surface area contributed by atoms with Crippen molar-refractivity contribution in [3.05, 3.63) is 18.5 Å². The second-order valence-corrected chi connectivity index (χ2v) is 5.37. The Morgan fingerprint density at radius 3 is 2.80 bits per heavy atom. The van der Waals surface area contributed by atoms with Crippen LogP contribution >= 0.6 is 11.8 Å². The molecule has 1 aromatic heterocycles. The van der Waals surface area contributed by atoms with Crippen molar-refractivity contribution in [2.75, 3.05) is 0 Å². The Bertz CT molecular complexity index is 337. The third-order valence-corrected chi connectivity index (χ3v) is 4.41. The van der Waals surface area contributed by atoms with Crippen LogP contribution in [0.3, 0.4) is 0 Å². The molecular weight excluding hydrogens is 204 g/mol. The normalized spacial score (nSPS) is 17.9. The fourth-order valence-corrected chi connectivity index (χ4v) is 3.28. The molecule has 0 N–H and O–H groups in total. The lowest BCUT2D eigenvalue weighted by molar-refractivity contribution is 0.514. The second kappa shape index (κ2) is 4.88. The zero-order valence-electron chi connectivity index (χ0n) is 9.28. The van der Waals surface area contributed by atoms with Crippen molar-refractivity contribution in [2.45, 2.75) is 42.5 Å². The minimum atomic E-state index is 0.775. The third kappa shape index (κ3) is 2.46. The fourth-order valence-electron chi connectivity index (χ4n) is 2.04. The van der Waals surface area contributed by atoms with Crippen LogP contribution in [-0.4, -0.2) is 14.8 Å². The monoisotopic (exact) mass is 222 g/mol. The summed E-state index contributed by atoms with van der Waals surface area (Å²) in [5.41, 5.74) is 1.10. The molecule has 0 aliphatic heterocycles. The topological polar surface area (TPSA) is 17.8 Å². The van der Waals surface area contributed by atoms with Gasteiger partial charge in [-0.3, -0.25) is 0 Å². The second-order valence-electron chi connectivity index (χ2n) is 4.11. The predicted molar refractivity (Wildman–Crippen MR) is 66.0 cm³/mol. The summed E-state index contributed by atoms with van der Waals surface area (Å²) in [5.74, 6) is 0. The van der Waals surface area contributed by atoms with Crippen molar-refractivity contribution in [3.63, 3.8) is 0 Å². The van der Waals surface area contributed by atoms with Gasteiger partial charge < -0.3 is 4.57 Å². The van der Waals surface area contributed by atoms with Crippen LogP contribution in [-0.2, 0) is 7.05 Å². The van der Waals surface area contributed by atoms with E-state index in [1.54, 1.807) is 0 Å². The zero-order valence-corrected chi connectivity index (χ0v) is 10.1. The van der Waals surface area contributed by atoms with Gasteiger partial charge in [0, 0.05) is 12.3 Å². The van der Waals surface area contributed by atoms with E-state index in [1.165, 1.54) is 32.1 Å². The summed E-state index contributed by atoms with van der Waals surface area (Å²) in [6, 6.07) is 0. The van der Waals surface area contributed by atoms with Crippen molar-refractivity contribution in [3.8, 4) is 0 Å². The molecule has 3 heteroatoms. The van der Waals surface area contributed by atoms with E-state index in [0.717, 1.165) is 16.1 Å². The number of hydrogen-bond acceptors (Lipinski definition) is 2. The van der Waals surface area contributed by atoms with Gasteiger partial charge in [-0.25, -0.2) is 4.98 Å². The lowest BCUT2D eigenvalue weighted by atomic mass is 10.0. The van der Waals surface area contributed by atoms with Crippen LogP contribution in [0.5, 0.6) is 0 Å². The van der Waals surface area contributed by atoms with Crippen LogP contribution in [0.25, 0.3) is 6.08 Å². The van der Waals surface area contributed by atoms with Gasteiger partial charge in [-0.05, 0) is 18.9 Å². The molecular formula is C12H18N2S. The first-order chi connectivity index (χ1) is 7.31. The van der Waals surface area contributed by atoms with Crippen LogP contribution in [0.1, 0.15) is 37.8 Å². The molecule has 15 heavy (non-hydrogen) atoms. The number of aromatic nitrogens is 2. The van der Waals surface area contributed by atoms with E-state index in [1.807, 2.05) is 24.0 Å². The summed E-state index contributed by atoms with van der Waals surface area (Å²) in [5, 5.41) is 1.91. The first-order valence-corrected chi connectivity index (χ1v) is 6.50. The molecule has 82 valence electrons. The smallest absolute Gasteiger partial charge is 0.168 e. The first-order valence-electron chi connectivity index (χ1n) is 5.62. The van der Waals surface area contributed by atoms with Crippen LogP contribution < -0.4 is 0 Å². The number of hydrogen-bond donors (Lipinski definition) is 0. The van der Waals surface area contributed by atoms with Gasteiger partial charge in [-0.15, -0.1) is 0 Å². The summed E-state index contributed by atoms with van der Waals surface area (Å²) in [4.78, 5) is 4.44. The molecule has 0 radical (unpaired) electrons. The lowest BCUT2D eigenvalue weighted by Crippen LogP contribution is -2.09. The lowest BCUT2D eigenvalue weighted by Gasteiger charge is -2.20. The summed E-state index contributed by atoms with van der Waals surface area (Å²) in [6.07, 6.45) is 10.6. The van der Waals surface area contributed by atoms with Crippen molar-refractivity contribution in [1.82, 2.24) is 9.55 Å². The third-order valence-electron chi connectivity index (χ3n) is 3.01. The maximum Gasteiger partial charge on any atom is 0.168 e. The molecule has 1 aliphatic carbocycles. The van der Waals surface area contributed by atoms with Crippen molar-refractivity contribution < 1.29 is 0 Å². The highest BCUT2D eigenvalue weighted by atomic mass is 32.2. The van der Waals surface area contributed by atoms with Gasteiger partial charge in [0.15, 0.2) is 5.16 Å². The van der Waals surface area contributed by atoms with Crippen molar-refractivity contribution in [2.24, 2.45) is 7.05 Å². The Hall–Kier alpha value is -0.700. The van der Waals surface area contributed by atoms with Gasteiger partial charge in [0.05, 0.1) is 11.9 Å². The molecule has 0 saturated heterocycles. The van der Waals surface area contributed by atoms with Crippen LogP contribution in [0.4, 0.5) is 0 Å². The molecule has 0 atom stereocenters.